The Kier molecular flexibility index (Phi) is 6.92. The van der Waals surface area contributed by atoms with Crippen LogP contribution in [0.15, 0.2) is 18.2 Å². The zero-order chi connectivity index (χ0) is 21.7. The maximum absolute atomic E-state index is 12.6. The second-order valence-corrected chi connectivity index (χ2v) is 6.60. The Hall–Kier alpha value is -3.43. The lowest BCUT2D eigenvalue weighted by molar-refractivity contribution is -0.147. The Labute approximate surface area is 166 Å². The van der Waals surface area contributed by atoms with E-state index in [0.717, 1.165) is 4.90 Å². The van der Waals surface area contributed by atoms with Crippen molar-refractivity contribution in [2.24, 2.45) is 0 Å². The number of aliphatic carboxylic acids is 2. The third-order valence-corrected chi connectivity index (χ3v) is 4.28. The quantitative estimate of drug-likeness (QED) is 0.510. The van der Waals surface area contributed by atoms with E-state index >= 15 is 0 Å². The minimum Gasteiger partial charge on any atom is -0.481 e. The van der Waals surface area contributed by atoms with Gasteiger partial charge in [-0.1, -0.05) is 6.92 Å². The number of rotatable bonds is 9. The number of hydrogen-bond donors (Lipinski definition) is 3. The number of ether oxygens (including phenoxy) is 1. The molecule has 0 spiro atoms. The summed E-state index contributed by atoms with van der Waals surface area (Å²) in [6.07, 6.45) is -0.725. The first-order chi connectivity index (χ1) is 13.6. The normalized spacial score (nSPS) is 16.4. The number of Topliss-reactive ketones (excluding diaryl/α,β-unsaturated/α-hetero) is 1. The molecule has 29 heavy (non-hydrogen) atoms. The van der Waals surface area contributed by atoms with Gasteiger partial charge in [-0.2, -0.15) is 0 Å². The van der Waals surface area contributed by atoms with Crippen molar-refractivity contribution in [1.29, 1.82) is 0 Å². The van der Waals surface area contributed by atoms with Gasteiger partial charge in [0.15, 0.2) is 11.9 Å². The van der Waals surface area contributed by atoms with Gasteiger partial charge in [0.1, 0.15) is 18.3 Å². The molecule has 0 aromatic heterocycles. The molecule has 0 saturated heterocycles. The monoisotopic (exact) mass is 406 g/mol. The molecule has 1 heterocycles. The number of carbonyl (C=O) groups excluding carboxylic acids is 3. The van der Waals surface area contributed by atoms with Gasteiger partial charge in [-0.15, -0.1) is 0 Å². The van der Waals surface area contributed by atoms with Crippen molar-refractivity contribution in [2.75, 3.05) is 11.4 Å². The number of anilines is 1. The lowest BCUT2D eigenvalue weighted by atomic mass is 10.0. The smallest absolute Gasteiger partial charge is 0.326 e. The maximum atomic E-state index is 12.6. The number of benzene rings is 1. The standard InChI is InChI=1S/C19H22N2O8/c1-3-4-14(22)11-5-6-15-13(7-11)21(18(26)10(2)29-15)9-16(23)20-12(19(27)28)8-17(24)25/h5-7,10,12H,3-4,8-9H2,1-2H3,(H,20,23)(H,24,25)(H,27,28). The lowest BCUT2D eigenvalue weighted by Gasteiger charge is -2.33. The molecule has 1 aliphatic heterocycles. The fourth-order valence-electron chi connectivity index (χ4n) is 2.87. The van der Waals surface area contributed by atoms with E-state index in [0.29, 0.717) is 24.2 Å². The van der Waals surface area contributed by atoms with E-state index < -0.39 is 48.9 Å². The lowest BCUT2D eigenvalue weighted by Crippen LogP contribution is -2.51. The molecule has 10 heteroatoms. The zero-order valence-corrected chi connectivity index (χ0v) is 16.0. The summed E-state index contributed by atoms with van der Waals surface area (Å²) in [5.74, 6) is -4.11. The van der Waals surface area contributed by atoms with Crippen molar-refractivity contribution in [3.05, 3.63) is 23.8 Å². The molecule has 0 saturated carbocycles. The largest absolute Gasteiger partial charge is 0.481 e. The van der Waals surface area contributed by atoms with Crippen molar-refractivity contribution in [3.63, 3.8) is 0 Å². The highest BCUT2D eigenvalue weighted by atomic mass is 16.5. The third-order valence-electron chi connectivity index (χ3n) is 4.28. The van der Waals surface area contributed by atoms with E-state index in [-0.39, 0.29) is 11.5 Å². The average molecular weight is 406 g/mol. The van der Waals surface area contributed by atoms with Crippen LogP contribution >= 0.6 is 0 Å². The van der Waals surface area contributed by atoms with E-state index in [2.05, 4.69) is 5.32 Å². The van der Waals surface area contributed by atoms with E-state index in [9.17, 15) is 24.0 Å². The summed E-state index contributed by atoms with van der Waals surface area (Å²) in [4.78, 5) is 60.1. The fourth-order valence-corrected chi connectivity index (χ4v) is 2.87. The molecular formula is C19H22N2O8. The number of nitrogens with one attached hydrogen (secondary N) is 1. The number of ketones is 1. The summed E-state index contributed by atoms with van der Waals surface area (Å²) in [5, 5.41) is 19.9. The van der Waals surface area contributed by atoms with Crippen LogP contribution in [0.5, 0.6) is 5.75 Å². The van der Waals surface area contributed by atoms with Gasteiger partial charge >= 0.3 is 11.9 Å². The molecule has 10 nitrogen and oxygen atoms in total. The summed E-state index contributed by atoms with van der Waals surface area (Å²) >= 11 is 0. The van der Waals surface area contributed by atoms with Crippen LogP contribution in [0.25, 0.3) is 0 Å². The fraction of sp³-hybridized carbons (Fsp3) is 0.421. The van der Waals surface area contributed by atoms with E-state index in [1.54, 1.807) is 6.07 Å². The Morgan fingerprint density at radius 1 is 1.24 bits per heavy atom. The third kappa shape index (κ3) is 5.31. The van der Waals surface area contributed by atoms with Crippen LogP contribution in [0, 0.1) is 0 Å². The van der Waals surface area contributed by atoms with Gasteiger partial charge in [-0.3, -0.25) is 24.1 Å². The summed E-state index contributed by atoms with van der Waals surface area (Å²) in [7, 11) is 0. The zero-order valence-electron chi connectivity index (χ0n) is 16.0. The molecule has 2 unspecified atom stereocenters. The molecule has 0 radical (unpaired) electrons. The molecule has 3 N–H and O–H groups in total. The highest BCUT2D eigenvalue weighted by Gasteiger charge is 2.34. The first-order valence-electron chi connectivity index (χ1n) is 9.03. The van der Waals surface area contributed by atoms with Crippen LogP contribution in [-0.4, -0.2) is 58.4 Å². The minimum atomic E-state index is -1.63. The molecule has 0 fully saturated rings. The van der Waals surface area contributed by atoms with Crippen molar-refractivity contribution in [2.45, 2.75) is 45.3 Å². The molecule has 2 rings (SSSR count). The van der Waals surface area contributed by atoms with Crippen LogP contribution in [-0.2, 0) is 19.2 Å². The van der Waals surface area contributed by atoms with Gasteiger partial charge in [-0.25, -0.2) is 4.79 Å². The summed E-state index contributed by atoms with van der Waals surface area (Å²) in [5.41, 5.74) is 0.576. The Morgan fingerprint density at radius 3 is 2.52 bits per heavy atom. The van der Waals surface area contributed by atoms with Crippen molar-refractivity contribution in [1.82, 2.24) is 5.32 Å². The van der Waals surface area contributed by atoms with Gasteiger partial charge in [0.25, 0.3) is 5.91 Å². The number of fused-ring (bicyclic) bond motifs is 1. The van der Waals surface area contributed by atoms with Crippen LogP contribution in [0.3, 0.4) is 0 Å². The van der Waals surface area contributed by atoms with Crippen molar-refractivity contribution >= 4 is 35.2 Å². The molecule has 2 atom stereocenters. The highest BCUT2D eigenvalue weighted by molar-refractivity contribution is 6.06. The van der Waals surface area contributed by atoms with Crippen LogP contribution in [0.1, 0.15) is 43.5 Å². The molecule has 156 valence electrons. The number of carbonyl (C=O) groups is 5. The number of nitrogens with zero attached hydrogens (tertiary/aromatic N) is 1. The van der Waals surface area contributed by atoms with E-state index in [4.69, 9.17) is 14.9 Å². The Bertz CT molecular complexity index is 851. The summed E-state index contributed by atoms with van der Waals surface area (Å²) in [6.45, 7) is 2.81. The highest BCUT2D eigenvalue weighted by Crippen LogP contribution is 2.35. The number of carboxylic acids is 2. The van der Waals surface area contributed by atoms with Crippen LogP contribution in [0.2, 0.25) is 0 Å². The molecule has 0 aliphatic carbocycles. The van der Waals surface area contributed by atoms with Crippen LogP contribution in [0.4, 0.5) is 5.69 Å². The van der Waals surface area contributed by atoms with Crippen molar-refractivity contribution < 1.29 is 38.9 Å². The average Bonchev–Trinajstić information content (AvgIpc) is 2.64. The van der Waals surface area contributed by atoms with Gasteiger partial charge < -0.3 is 20.3 Å². The Morgan fingerprint density at radius 2 is 1.93 bits per heavy atom. The van der Waals surface area contributed by atoms with Crippen LogP contribution < -0.4 is 15.0 Å². The first-order valence-corrected chi connectivity index (χ1v) is 9.03. The predicted molar refractivity (Wildman–Crippen MR) is 99.9 cm³/mol. The van der Waals surface area contributed by atoms with Gasteiger partial charge in [0.2, 0.25) is 5.91 Å². The number of hydrogen-bond acceptors (Lipinski definition) is 6. The maximum Gasteiger partial charge on any atom is 0.326 e. The minimum absolute atomic E-state index is 0.127. The van der Waals surface area contributed by atoms with E-state index in [1.165, 1.54) is 19.1 Å². The summed E-state index contributed by atoms with van der Waals surface area (Å²) in [6, 6.07) is 2.93. The first kappa shape index (κ1) is 21.9. The van der Waals surface area contributed by atoms with E-state index in [1.807, 2.05) is 6.92 Å². The molecule has 1 aliphatic rings. The molecular weight excluding hydrogens is 384 g/mol. The number of amides is 2. The second-order valence-electron chi connectivity index (χ2n) is 6.60. The SMILES string of the molecule is CCCC(=O)c1ccc2c(c1)N(CC(=O)NC(CC(=O)O)C(=O)O)C(=O)C(C)O2. The van der Waals surface area contributed by atoms with Crippen molar-refractivity contribution in [3.8, 4) is 5.75 Å². The van der Waals surface area contributed by atoms with Gasteiger partial charge in [-0.05, 0) is 31.5 Å². The molecule has 0 bridgehead atoms. The second kappa shape index (κ2) is 9.18. The topological polar surface area (TPSA) is 150 Å². The molecule has 1 aromatic rings. The predicted octanol–water partition coefficient (Wildman–Crippen LogP) is 0.827. The number of carboxylic acid groups (broad SMARTS) is 2. The summed E-state index contributed by atoms with van der Waals surface area (Å²) < 4.78 is 5.52. The molecule has 1 aromatic carbocycles. The Balaban J connectivity index is 2.27. The van der Waals surface area contributed by atoms with Gasteiger partial charge in [0, 0.05) is 12.0 Å². The molecule has 2 amide bonds. The van der Waals surface area contributed by atoms with Gasteiger partial charge in [0.05, 0.1) is 12.1 Å².